The van der Waals surface area contributed by atoms with Gasteiger partial charge in [-0.05, 0) is 43.9 Å². The van der Waals surface area contributed by atoms with E-state index in [0.717, 1.165) is 25.9 Å². The molecule has 1 saturated heterocycles. The third-order valence-electron chi connectivity index (χ3n) is 4.04. The molecule has 1 amide bonds. The number of amides is 1. The van der Waals surface area contributed by atoms with Crippen molar-refractivity contribution in [2.24, 2.45) is 0 Å². The number of hydrogen-bond donors (Lipinski definition) is 2. The lowest BCUT2D eigenvalue weighted by Crippen LogP contribution is -2.23. The van der Waals surface area contributed by atoms with Crippen molar-refractivity contribution in [1.82, 2.24) is 5.32 Å². The van der Waals surface area contributed by atoms with Gasteiger partial charge in [0, 0.05) is 37.8 Å². The summed E-state index contributed by atoms with van der Waals surface area (Å²) in [7, 11) is 0. The number of nitrogens with zero attached hydrogens (tertiary/aromatic N) is 1. The van der Waals surface area contributed by atoms with Crippen LogP contribution in [0.3, 0.4) is 0 Å². The van der Waals surface area contributed by atoms with Gasteiger partial charge in [0.1, 0.15) is 5.82 Å². The highest BCUT2D eigenvalue weighted by atomic mass is 19.1. The van der Waals surface area contributed by atoms with E-state index in [1.807, 2.05) is 0 Å². The van der Waals surface area contributed by atoms with Gasteiger partial charge >= 0.3 is 0 Å². The molecule has 1 aliphatic heterocycles. The number of rotatable bonds is 6. The smallest absolute Gasteiger partial charge is 0.225 e. The van der Waals surface area contributed by atoms with Gasteiger partial charge in [-0.1, -0.05) is 0 Å². The second kappa shape index (κ2) is 6.43. The van der Waals surface area contributed by atoms with E-state index in [9.17, 15) is 9.18 Å². The first-order valence-corrected chi connectivity index (χ1v) is 7.80. The molecule has 0 unspecified atom stereocenters. The van der Waals surface area contributed by atoms with Crippen molar-refractivity contribution in [3.63, 3.8) is 0 Å². The van der Waals surface area contributed by atoms with Gasteiger partial charge in [-0.15, -0.1) is 0 Å². The lowest BCUT2D eigenvalue weighted by Gasteiger charge is -2.18. The van der Waals surface area contributed by atoms with Gasteiger partial charge in [-0.2, -0.15) is 0 Å². The SMILES string of the molecule is O=C(CCNC1CC1)Nc1ccc(N2CCCC2)c(F)c1. The quantitative estimate of drug-likeness (QED) is 0.846. The summed E-state index contributed by atoms with van der Waals surface area (Å²) in [5.41, 5.74) is 1.17. The number of nitrogens with one attached hydrogen (secondary N) is 2. The number of carbonyl (C=O) groups excluding carboxylic acids is 1. The fourth-order valence-corrected chi connectivity index (χ4v) is 2.70. The van der Waals surface area contributed by atoms with E-state index < -0.39 is 0 Å². The molecule has 2 fully saturated rings. The standard InChI is InChI=1S/C16H22FN3O/c17-14-11-13(5-6-15(14)20-9-1-2-10-20)19-16(21)7-8-18-12-3-4-12/h5-6,11-12,18H,1-4,7-10H2,(H,19,21). The fourth-order valence-electron chi connectivity index (χ4n) is 2.70. The molecule has 1 heterocycles. The first kappa shape index (κ1) is 14.3. The van der Waals surface area contributed by atoms with Crippen LogP contribution in [0, 0.1) is 5.82 Å². The van der Waals surface area contributed by atoms with Crippen molar-refractivity contribution >= 4 is 17.3 Å². The molecule has 0 atom stereocenters. The molecule has 1 aromatic rings. The predicted octanol–water partition coefficient (Wildman–Crippen LogP) is 2.51. The molecule has 0 aromatic heterocycles. The van der Waals surface area contributed by atoms with E-state index in [1.54, 1.807) is 12.1 Å². The average molecular weight is 291 g/mol. The Bertz CT molecular complexity index is 510. The summed E-state index contributed by atoms with van der Waals surface area (Å²) >= 11 is 0. The second-order valence-electron chi connectivity index (χ2n) is 5.89. The van der Waals surface area contributed by atoms with Crippen molar-refractivity contribution in [2.45, 2.75) is 38.1 Å². The number of halogens is 1. The Kier molecular flexibility index (Phi) is 4.39. The highest BCUT2D eigenvalue weighted by Crippen LogP contribution is 2.26. The van der Waals surface area contributed by atoms with Gasteiger partial charge in [0.2, 0.25) is 5.91 Å². The Morgan fingerprint density at radius 1 is 1.29 bits per heavy atom. The molecule has 0 bridgehead atoms. The molecule has 1 saturated carbocycles. The molecule has 114 valence electrons. The summed E-state index contributed by atoms with van der Waals surface area (Å²) in [6, 6.07) is 5.57. The van der Waals surface area contributed by atoms with E-state index in [1.165, 1.54) is 18.9 Å². The highest BCUT2D eigenvalue weighted by molar-refractivity contribution is 5.91. The first-order chi connectivity index (χ1) is 10.2. The fraction of sp³-hybridized carbons (Fsp3) is 0.562. The Morgan fingerprint density at radius 3 is 2.71 bits per heavy atom. The predicted molar refractivity (Wildman–Crippen MR) is 82.1 cm³/mol. The highest BCUT2D eigenvalue weighted by Gasteiger charge is 2.20. The van der Waals surface area contributed by atoms with Gasteiger partial charge in [0.05, 0.1) is 5.69 Å². The molecular weight excluding hydrogens is 269 g/mol. The molecule has 21 heavy (non-hydrogen) atoms. The third kappa shape index (κ3) is 3.94. The lowest BCUT2D eigenvalue weighted by atomic mass is 10.2. The lowest BCUT2D eigenvalue weighted by molar-refractivity contribution is -0.116. The number of carbonyl (C=O) groups is 1. The van der Waals surface area contributed by atoms with Crippen LogP contribution in [0.4, 0.5) is 15.8 Å². The molecule has 0 spiro atoms. The van der Waals surface area contributed by atoms with Crippen molar-refractivity contribution < 1.29 is 9.18 Å². The molecule has 3 rings (SSSR count). The summed E-state index contributed by atoms with van der Waals surface area (Å²) in [5.74, 6) is -0.331. The van der Waals surface area contributed by atoms with Crippen LogP contribution < -0.4 is 15.5 Å². The molecule has 0 radical (unpaired) electrons. The van der Waals surface area contributed by atoms with Crippen molar-refractivity contribution in [3.8, 4) is 0 Å². The monoisotopic (exact) mass is 291 g/mol. The minimum atomic E-state index is -0.259. The van der Waals surface area contributed by atoms with E-state index in [-0.39, 0.29) is 11.7 Å². The molecule has 1 aliphatic carbocycles. The summed E-state index contributed by atoms with van der Waals surface area (Å²) in [4.78, 5) is 13.8. The number of benzene rings is 1. The van der Waals surface area contributed by atoms with Gasteiger partial charge in [-0.3, -0.25) is 4.79 Å². The van der Waals surface area contributed by atoms with Crippen molar-refractivity contribution in [1.29, 1.82) is 0 Å². The molecule has 1 aromatic carbocycles. The van der Waals surface area contributed by atoms with Crippen LogP contribution in [0.5, 0.6) is 0 Å². The summed E-state index contributed by atoms with van der Waals surface area (Å²) in [5, 5.41) is 6.05. The average Bonchev–Trinajstić information content (AvgIpc) is 3.11. The summed E-state index contributed by atoms with van der Waals surface area (Å²) in [6.45, 7) is 2.51. The third-order valence-corrected chi connectivity index (χ3v) is 4.04. The Hall–Kier alpha value is -1.62. The second-order valence-corrected chi connectivity index (χ2v) is 5.89. The first-order valence-electron chi connectivity index (χ1n) is 7.80. The minimum Gasteiger partial charge on any atom is -0.369 e. The van der Waals surface area contributed by atoms with Crippen LogP contribution in [-0.4, -0.2) is 31.6 Å². The zero-order valence-corrected chi connectivity index (χ0v) is 12.2. The Morgan fingerprint density at radius 2 is 2.05 bits per heavy atom. The maximum Gasteiger partial charge on any atom is 0.225 e. The molecule has 2 aliphatic rings. The molecule has 2 N–H and O–H groups in total. The van der Waals surface area contributed by atoms with Crippen LogP contribution >= 0.6 is 0 Å². The zero-order chi connectivity index (χ0) is 14.7. The van der Waals surface area contributed by atoms with Crippen LogP contribution in [-0.2, 0) is 4.79 Å². The van der Waals surface area contributed by atoms with Crippen LogP contribution in [0.1, 0.15) is 32.1 Å². The van der Waals surface area contributed by atoms with Gasteiger partial charge in [-0.25, -0.2) is 4.39 Å². The van der Waals surface area contributed by atoms with E-state index in [2.05, 4.69) is 15.5 Å². The Labute approximate surface area is 124 Å². The van der Waals surface area contributed by atoms with E-state index in [4.69, 9.17) is 0 Å². The zero-order valence-electron chi connectivity index (χ0n) is 12.2. The van der Waals surface area contributed by atoms with Crippen molar-refractivity contribution in [2.75, 3.05) is 29.9 Å². The topological polar surface area (TPSA) is 44.4 Å². The molecule has 4 nitrogen and oxygen atoms in total. The largest absolute Gasteiger partial charge is 0.369 e. The van der Waals surface area contributed by atoms with Crippen LogP contribution in [0.15, 0.2) is 18.2 Å². The van der Waals surface area contributed by atoms with Crippen LogP contribution in [0.25, 0.3) is 0 Å². The van der Waals surface area contributed by atoms with E-state index >= 15 is 0 Å². The van der Waals surface area contributed by atoms with E-state index in [0.29, 0.717) is 30.4 Å². The Balaban J connectivity index is 1.52. The van der Waals surface area contributed by atoms with Gasteiger partial charge in [0.25, 0.3) is 0 Å². The summed E-state index contributed by atoms with van der Waals surface area (Å²) < 4.78 is 14.1. The summed E-state index contributed by atoms with van der Waals surface area (Å²) in [6.07, 6.45) is 5.08. The van der Waals surface area contributed by atoms with Gasteiger partial charge < -0.3 is 15.5 Å². The number of hydrogen-bond acceptors (Lipinski definition) is 3. The minimum absolute atomic E-state index is 0.0727. The molecular formula is C16H22FN3O. The molecule has 5 heteroatoms. The normalized spacial score (nSPS) is 18.0. The maximum absolute atomic E-state index is 14.1. The van der Waals surface area contributed by atoms with Crippen LogP contribution in [0.2, 0.25) is 0 Å². The number of anilines is 2. The maximum atomic E-state index is 14.1. The van der Waals surface area contributed by atoms with Gasteiger partial charge in [0.15, 0.2) is 0 Å². The van der Waals surface area contributed by atoms with Crippen molar-refractivity contribution in [3.05, 3.63) is 24.0 Å².